The number of aromatic nitrogens is 4. The number of fused-ring (bicyclic) bond motifs is 3. The molecule has 4 aliphatic rings. The number of amides is 1. The summed E-state index contributed by atoms with van der Waals surface area (Å²) < 4.78 is 8.48. The van der Waals surface area contributed by atoms with Crippen LogP contribution in [-0.4, -0.2) is 78.2 Å². The SMILES string of the molecule is Cc1sc2c(c1C)C(c1ccc(OC3CC4(CCN(C(=N)/C=C\C(=N)C(=O)NC5CCCCC5)CC4)C3)cn1)=NCc1nnc(C)n1-2.N#Cc1ccc(O)cc1Cl. The second-order valence-corrected chi connectivity index (χ2v) is 17.0. The second-order valence-electron chi connectivity index (χ2n) is 15.4. The predicted molar refractivity (Wildman–Crippen MR) is 221 cm³/mol. The lowest BCUT2D eigenvalue weighted by Crippen LogP contribution is -2.51. The first-order valence-electron chi connectivity index (χ1n) is 19.4. The number of nitrogens with zero attached hydrogens (tertiary/aromatic N) is 7. The van der Waals surface area contributed by atoms with Crippen molar-refractivity contribution in [3.63, 3.8) is 0 Å². The van der Waals surface area contributed by atoms with E-state index < -0.39 is 0 Å². The Morgan fingerprint density at radius 3 is 2.53 bits per heavy atom. The number of carbonyl (C=O) groups excluding carboxylic acids is 1. The summed E-state index contributed by atoms with van der Waals surface area (Å²) >= 11 is 7.29. The molecule has 0 unspecified atom stereocenters. The monoisotopic (exact) mass is 806 g/mol. The van der Waals surface area contributed by atoms with E-state index in [0.29, 0.717) is 17.9 Å². The lowest BCUT2D eigenvalue weighted by Gasteiger charge is -2.52. The van der Waals surface area contributed by atoms with E-state index >= 15 is 0 Å². The van der Waals surface area contributed by atoms with Crippen LogP contribution in [0.4, 0.5) is 0 Å². The van der Waals surface area contributed by atoms with Crippen LogP contribution >= 0.6 is 22.9 Å². The standard InChI is InChI=1S/C35H43N9O2S.C7H4ClNO/c1-21-22(2)47-34-31(21)32(39-20-30-42-41-23(3)44(30)34)28-11-9-25(19-38-28)46-26-17-35(18-26)13-15-43(16-14-35)29(37)12-10-27(36)33(45)40-24-7-5-4-6-8-24;8-7-3-6(10)2-1-5(7)4-9/h9-12,19,24,26,36-37H,4-8,13-18,20H2,1-3H3,(H,40,45);1-3,10H/b12-10-,36-27?,37-29?;. The van der Waals surface area contributed by atoms with Crippen LogP contribution in [0.1, 0.15) is 96.7 Å². The van der Waals surface area contributed by atoms with E-state index in [0.717, 1.165) is 104 Å². The molecule has 2 aliphatic heterocycles. The first-order chi connectivity index (χ1) is 27.4. The maximum absolute atomic E-state index is 12.4. The number of likely N-dealkylation sites (tertiary alicyclic amines) is 1. The van der Waals surface area contributed by atoms with Gasteiger partial charge in [-0.2, -0.15) is 5.26 Å². The highest BCUT2D eigenvalue weighted by molar-refractivity contribution is 7.15. The molecule has 0 bridgehead atoms. The number of rotatable bonds is 7. The van der Waals surface area contributed by atoms with Gasteiger partial charge in [0, 0.05) is 29.6 Å². The van der Waals surface area contributed by atoms with Gasteiger partial charge in [0.05, 0.1) is 34.3 Å². The van der Waals surface area contributed by atoms with Gasteiger partial charge in [0.1, 0.15) is 46.5 Å². The van der Waals surface area contributed by atoms with E-state index in [9.17, 15) is 4.79 Å². The van der Waals surface area contributed by atoms with E-state index in [4.69, 9.17) is 47.5 Å². The number of pyridine rings is 1. The second kappa shape index (κ2) is 17.0. The van der Waals surface area contributed by atoms with Crippen LogP contribution in [0.15, 0.2) is 53.7 Å². The summed E-state index contributed by atoms with van der Waals surface area (Å²) in [5.41, 5.74) is 4.56. The molecule has 1 saturated heterocycles. The highest BCUT2D eigenvalue weighted by Gasteiger charge is 2.47. The Morgan fingerprint density at radius 1 is 1.09 bits per heavy atom. The van der Waals surface area contributed by atoms with E-state index in [1.165, 1.54) is 41.1 Å². The fourth-order valence-electron chi connectivity index (χ4n) is 8.11. The van der Waals surface area contributed by atoms with Gasteiger partial charge < -0.3 is 20.1 Å². The molecular formula is C42H47ClN10O3S. The molecule has 1 amide bonds. The fraction of sp³-hybridized carbons (Fsp3) is 0.429. The molecule has 13 nitrogen and oxygen atoms in total. The molecule has 0 atom stereocenters. The Bertz CT molecular complexity index is 2270. The Kier molecular flexibility index (Phi) is 11.9. The summed E-state index contributed by atoms with van der Waals surface area (Å²) in [6, 6.07) is 10.3. The van der Waals surface area contributed by atoms with Gasteiger partial charge in [0.2, 0.25) is 0 Å². The van der Waals surface area contributed by atoms with Gasteiger partial charge in [0.15, 0.2) is 5.82 Å². The number of thiophene rings is 1. The summed E-state index contributed by atoms with van der Waals surface area (Å²) in [6.07, 6.45) is 14.5. The zero-order chi connectivity index (χ0) is 40.3. The number of amidine groups is 1. The molecule has 57 heavy (non-hydrogen) atoms. The van der Waals surface area contributed by atoms with Crippen LogP contribution in [0.5, 0.6) is 11.5 Å². The van der Waals surface area contributed by atoms with E-state index in [-0.39, 0.29) is 40.0 Å². The normalized spacial score (nSPS) is 17.6. The van der Waals surface area contributed by atoms with Gasteiger partial charge in [-0.15, -0.1) is 21.5 Å². The third kappa shape index (κ3) is 8.79. The van der Waals surface area contributed by atoms with Crippen molar-refractivity contribution in [1.82, 2.24) is 30.0 Å². The van der Waals surface area contributed by atoms with Crippen LogP contribution in [0.3, 0.4) is 0 Å². The molecule has 2 aliphatic carbocycles. The number of hydrogen-bond donors (Lipinski definition) is 4. The summed E-state index contributed by atoms with van der Waals surface area (Å²) in [4.78, 5) is 25.4. The third-order valence-corrected chi connectivity index (χ3v) is 13.0. The number of nitriles is 1. The van der Waals surface area contributed by atoms with Crippen LogP contribution in [0.25, 0.3) is 5.00 Å². The molecule has 5 heterocycles. The maximum Gasteiger partial charge on any atom is 0.269 e. The van der Waals surface area contributed by atoms with Crippen LogP contribution in [-0.2, 0) is 11.3 Å². The number of aliphatic imine (C=N–C) groups is 1. The summed E-state index contributed by atoms with van der Waals surface area (Å²) in [5.74, 6) is 2.57. The molecule has 1 spiro atoms. The van der Waals surface area contributed by atoms with Crippen LogP contribution in [0.2, 0.25) is 5.02 Å². The van der Waals surface area contributed by atoms with Crippen molar-refractivity contribution in [2.45, 2.75) is 97.2 Å². The molecule has 1 aromatic carbocycles. The molecule has 296 valence electrons. The number of aromatic hydroxyl groups is 1. The van der Waals surface area contributed by atoms with Crippen molar-refractivity contribution in [3.8, 4) is 22.6 Å². The molecular weight excluding hydrogens is 760 g/mol. The van der Waals surface area contributed by atoms with Gasteiger partial charge >= 0.3 is 0 Å². The minimum atomic E-state index is -0.343. The molecule has 4 N–H and O–H groups in total. The summed E-state index contributed by atoms with van der Waals surface area (Å²) in [7, 11) is 0. The number of ether oxygens (including phenoxy) is 1. The summed E-state index contributed by atoms with van der Waals surface area (Å²) in [5, 5.41) is 46.9. The first-order valence-corrected chi connectivity index (χ1v) is 20.6. The Morgan fingerprint density at radius 2 is 1.84 bits per heavy atom. The Hall–Kier alpha value is -5.39. The Labute approximate surface area is 341 Å². The quantitative estimate of drug-likeness (QED) is 0.109. The first kappa shape index (κ1) is 39.8. The average molecular weight is 807 g/mol. The fourth-order valence-corrected chi connectivity index (χ4v) is 9.55. The van der Waals surface area contributed by atoms with Crippen LogP contribution < -0.4 is 10.1 Å². The molecule has 0 radical (unpaired) electrons. The number of phenols is 1. The number of aryl methyl sites for hydroxylation is 2. The molecule has 4 aromatic rings. The smallest absolute Gasteiger partial charge is 0.269 e. The zero-order valence-corrected chi connectivity index (χ0v) is 34.0. The molecule has 3 aromatic heterocycles. The van der Waals surface area contributed by atoms with Gasteiger partial charge in [0.25, 0.3) is 5.91 Å². The van der Waals surface area contributed by atoms with Crippen molar-refractivity contribution in [1.29, 1.82) is 16.1 Å². The van der Waals surface area contributed by atoms with Crippen molar-refractivity contribution < 1.29 is 14.6 Å². The predicted octanol–water partition coefficient (Wildman–Crippen LogP) is 7.54. The number of hydrogen-bond acceptors (Lipinski definition) is 11. The number of phenolic OH excluding ortho intramolecular Hbond substituents is 1. The molecule has 3 fully saturated rings. The van der Waals surface area contributed by atoms with Gasteiger partial charge in [-0.1, -0.05) is 30.9 Å². The average Bonchev–Trinajstić information content (AvgIpc) is 3.65. The molecule has 15 heteroatoms. The lowest BCUT2D eigenvalue weighted by molar-refractivity contribution is -0.115. The number of piperidine rings is 1. The number of benzene rings is 1. The topological polar surface area (TPSA) is 189 Å². The van der Waals surface area contributed by atoms with Crippen molar-refractivity contribution in [2.75, 3.05) is 13.1 Å². The molecule has 2 saturated carbocycles. The number of carbonyl (C=O) groups is 1. The lowest BCUT2D eigenvalue weighted by atomic mass is 9.61. The van der Waals surface area contributed by atoms with Gasteiger partial charge in [-0.3, -0.25) is 30.2 Å². The van der Waals surface area contributed by atoms with Crippen molar-refractivity contribution in [3.05, 3.63) is 92.6 Å². The van der Waals surface area contributed by atoms with Gasteiger partial charge in [-0.05, 0) is 113 Å². The zero-order valence-electron chi connectivity index (χ0n) is 32.4. The van der Waals surface area contributed by atoms with Crippen LogP contribution in [0, 0.1) is 48.3 Å². The summed E-state index contributed by atoms with van der Waals surface area (Å²) in [6.45, 7) is 8.31. The van der Waals surface area contributed by atoms with E-state index in [2.05, 4.69) is 33.9 Å². The minimum absolute atomic E-state index is 0.0731. The third-order valence-electron chi connectivity index (χ3n) is 11.5. The minimum Gasteiger partial charge on any atom is -0.508 e. The van der Waals surface area contributed by atoms with E-state index in [1.807, 2.05) is 36.2 Å². The number of nitrogens with one attached hydrogen (secondary N) is 3. The van der Waals surface area contributed by atoms with Gasteiger partial charge in [-0.25, -0.2) is 0 Å². The largest absolute Gasteiger partial charge is 0.508 e. The molecule has 8 rings (SSSR count). The highest BCUT2D eigenvalue weighted by atomic mass is 35.5. The highest BCUT2D eigenvalue weighted by Crippen LogP contribution is 2.50. The van der Waals surface area contributed by atoms with Crippen molar-refractivity contribution in [2.24, 2.45) is 10.4 Å². The van der Waals surface area contributed by atoms with E-state index in [1.54, 1.807) is 17.4 Å². The number of halogens is 1. The van der Waals surface area contributed by atoms with Crippen molar-refractivity contribution >= 4 is 46.1 Å². The maximum atomic E-state index is 12.4. The Balaban J connectivity index is 0.000000434.